The van der Waals surface area contributed by atoms with Gasteiger partial charge in [-0.25, -0.2) is 14.8 Å². The number of nitrogens with zero attached hydrogens (tertiary/aromatic N) is 3. The first-order chi connectivity index (χ1) is 9.90. The Kier molecular flexibility index (Phi) is 6.08. The average molecular weight is 295 g/mol. The van der Waals surface area contributed by atoms with E-state index in [0.717, 1.165) is 0 Å². The van der Waals surface area contributed by atoms with E-state index >= 15 is 0 Å². The summed E-state index contributed by atoms with van der Waals surface area (Å²) in [4.78, 5) is 32.8. The van der Waals surface area contributed by atoms with Gasteiger partial charge in [0, 0.05) is 19.3 Å². The summed E-state index contributed by atoms with van der Waals surface area (Å²) in [5.41, 5.74) is 0.836. The third-order valence-corrected chi connectivity index (χ3v) is 3.04. The van der Waals surface area contributed by atoms with Gasteiger partial charge >= 0.3 is 11.9 Å². The molecule has 7 nitrogen and oxygen atoms in total. The number of aryl methyl sites for hydroxylation is 1. The van der Waals surface area contributed by atoms with Crippen LogP contribution in [0.4, 0.5) is 5.95 Å². The van der Waals surface area contributed by atoms with Crippen LogP contribution in [-0.2, 0) is 9.53 Å². The van der Waals surface area contributed by atoms with E-state index in [2.05, 4.69) is 9.97 Å². The van der Waals surface area contributed by atoms with Crippen LogP contribution in [-0.4, -0.2) is 46.7 Å². The first kappa shape index (κ1) is 16.9. The Balaban J connectivity index is 2.95. The van der Waals surface area contributed by atoms with Gasteiger partial charge in [0.05, 0.1) is 23.8 Å². The summed E-state index contributed by atoms with van der Waals surface area (Å²) >= 11 is 0. The molecule has 0 aromatic carbocycles. The van der Waals surface area contributed by atoms with E-state index in [1.807, 2.05) is 6.92 Å². The number of hydrogen-bond acceptors (Lipinski definition) is 6. The van der Waals surface area contributed by atoms with E-state index < -0.39 is 17.9 Å². The van der Waals surface area contributed by atoms with Crippen molar-refractivity contribution in [3.8, 4) is 0 Å². The third-order valence-electron chi connectivity index (χ3n) is 3.04. The van der Waals surface area contributed by atoms with Gasteiger partial charge in [-0.05, 0) is 20.8 Å². The molecule has 1 rings (SSSR count). The summed E-state index contributed by atoms with van der Waals surface area (Å²) in [6, 6.07) is 0. The summed E-state index contributed by atoms with van der Waals surface area (Å²) in [5.74, 6) is -1.44. The van der Waals surface area contributed by atoms with Gasteiger partial charge in [0.15, 0.2) is 0 Å². The third kappa shape index (κ3) is 4.40. The maximum absolute atomic E-state index is 11.7. The van der Waals surface area contributed by atoms with Crippen LogP contribution in [0.1, 0.15) is 36.8 Å². The van der Waals surface area contributed by atoms with Crippen LogP contribution in [0.5, 0.6) is 0 Å². The lowest BCUT2D eigenvalue weighted by Gasteiger charge is -2.23. The van der Waals surface area contributed by atoms with Crippen molar-refractivity contribution >= 4 is 17.9 Å². The largest absolute Gasteiger partial charge is 0.481 e. The van der Waals surface area contributed by atoms with Crippen molar-refractivity contribution in [1.29, 1.82) is 0 Å². The Morgan fingerprint density at radius 3 is 2.57 bits per heavy atom. The molecular weight excluding hydrogens is 274 g/mol. The minimum atomic E-state index is -0.867. The Hall–Kier alpha value is -2.18. The summed E-state index contributed by atoms with van der Waals surface area (Å²) < 4.78 is 4.92. The number of rotatable bonds is 7. The number of ether oxygens (including phenoxy) is 1. The molecule has 0 spiro atoms. The summed E-state index contributed by atoms with van der Waals surface area (Å²) in [7, 11) is 0. The molecule has 0 saturated heterocycles. The number of hydrogen-bond donors (Lipinski definition) is 1. The lowest BCUT2D eigenvalue weighted by atomic mass is 10.2. The van der Waals surface area contributed by atoms with E-state index in [9.17, 15) is 9.59 Å². The number of aromatic nitrogens is 2. The molecule has 0 saturated carbocycles. The average Bonchev–Trinajstić information content (AvgIpc) is 2.44. The molecule has 7 heteroatoms. The Morgan fingerprint density at radius 1 is 1.43 bits per heavy atom. The normalized spacial score (nSPS) is 11.8. The smallest absolute Gasteiger partial charge is 0.341 e. The van der Waals surface area contributed by atoms with Crippen molar-refractivity contribution in [3.05, 3.63) is 17.5 Å². The molecule has 21 heavy (non-hydrogen) atoms. The van der Waals surface area contributed by atoms with Crippen molar-refractivity contribution in [2.24, 2.45) is 5.92 Å². The highest BCUT2D eigenvalue weighted by atomic mass is 16.5. The maximum Gasteiger partial charge on any atom is 0.341 e. The highest BCUT2D eigenvalue weighted by molar-refractivity contribution is 5.90. The molecule has 0 fully saturated rings. The first-order valence-electron chi connectivity index (χ1n) is 6.89. The minimum Gasteiger partial charge on any atom is -0.481 e. The number of anilines is 1. The van der Waals surface area contributed by atoms with E-state index in [4.69, 9.17) is 9.84 Å². The molecule has 116 valence electrons. The molecule has 1 atom stereocenters. The zero-order chi connectivity index (χ0) is 16.0. The second-order valence-corrected chi connectivity index (χ2v) is 4.67. The van der Waals surface area contributed by atoms with Crippen LogP contribution in [0.3, 0.4) is 0 Å². The van der Waals surface area contributed by atoms with Crippen molar-refractivity contribution in [1.82, 2.24) is 9.97 Å². The highest BCUT2D eigenvalue weighted by Gasteiger charge is 2.19. The van der Waals surface area contributed by atoms with Gasteiger partial charge in [0.25, 0.3) is 0 Å². The minimum absolute atomic E-state index is 0.289. The number of esters is 1. The molecule has 0 amide bonds. The second-order valence-electron chi connectivity index (χ2n) is 4.67. The van der Waals surface area contributed by atoms with Crippen molar-refractivity contribution < 1.29 is 19.4 Å². The van der Waals surface area contributed by atoms with Gasteiger partial charge in [-0.2, -0.15) is 0 Å². The fraction of sp³-hybridized carbons (Fsp3) is 0.571. The van der Waals surface area contributed by atoms with E-state index in [1.54, 1.807) is 25.7 Å². The molecule has 1 heterocycles. The monoisotopic (exact) mass is 295 g/mol. The summed E-state index contributed by atoms with van der Waals surface area (Å²) in [6.45, 7) is 8.13. The van der Waals surface area contributed by atoms with Crippen LogP contribution in [0.25, 0.3) is 0 Å². The fourth-order valence-corrected chi connectivity index (χ4v) is 1.78. The van der Waals surface area contributed by atoms with E-state index in [-0.39, 0.29) is 6.61 Å². The molecule has 1 aromatic rings. The standard InChI is InChI=1S/C14H21N3O4/c1-5-17(8-9(3)12(18)19)14-15-7-11(10(4)16-14)13(20)21-6-2/h7,9H,5-6,8H2,1-4H3,(H,18,19). The Morgan fingerprint density at radius 2 is 2.10 bits per heavy atom. The van der Waals surface area contributed by atoms with Gasteiger partial charge in [0.2, 0.25) is 5.95 Å². The molecule has 1 N–H and O–H groups in total. The number of aliphatic carboxylic acids is 1. The molecule has 0 bridgehead atoms. The van der Waals surface area contributed by atoms with Gasteiger partial charge in [-0.1, -0.05) is 6.92 Å². The number of carbonyl (C=O) groups is 2. The van der Waals surface area contributed by atoms with Crippen LogP contribution in [0.15, 0.2) is 6.20 Å². The topological polar surface area (TPSA) is 92.6 Å². The second kappa shape index (κ2) is 7.56. The van der Waals surface area contributed by atoms with Crippen molar-refractivity contribution in [3.63, 3.8) is 0 Å². The van der Waals surface area contributed by atoms with Crippen molar-refractivity contribution in [2.45, 2.75) is 27.7 Å². The maximum atomic E-state index is 11.7. The quantitative estimate of drug-likeness (QED) is 0.762. The summed E-state index contributed by atoms with van der Waals surface area (Å²) in [6.07, 6.45) is 1.42. The van der Waals surface area contributed by atoms with Gasteiger partial charge in [0.1, 0.15) is 0 Å². The Labute approximate surface area is 124 Å². The molecule has 0 aliphatic carbocycles. The number of carbonyl (C=O) groups excluding carboxylic acids is 1. The molecule has 0 radical (unpaired) electrons. The van der Waals surface area contributed by atoms with Gasteiger partial charge in [-0.15, -0.1) is 0 Å². The number of carboxylic acids is 1. The molecular formula is C14H21N3O4. The Bertz CT molecular complexity index is 519. The zero-order valence-corrected chi connectivity index (χ0v) is 12.8. The predicted octanol–water partition coefficient (Wildman–Crippen LogP) is 1.51. The summed E-state index contributed by atoms with van der Waals surface area (Å²) in [5, 5.41) is 8.98. The lowest BCUT2D eigenvalue weighted by molar-refractivity contribution is -0.140. The molecule has 0 aliphatic heterocycles. The lowest BCUT2D eigenvalue weighted by Crippen LogP contribution is -2.33. The van der Waals surface area contributed by atoms with Crippen LogP contribution < -0.4 is 4.90 Å². The van der Waals surface area contributed by atoms with E-state index in [1.165, 1.54) is 6.20 Å². The highest BCUT2D eigenvalue weighted by Crippen LogP contribution is 2.14. The molecule has 1 unspecified atom stereocenters. The molecule has 0 aliphatic rings. The first-order valence-corrected chi connectivity index (χ1v) is 6.89. The van der Waals surface area contributed by atoms with E-state index in [0.29, 0.717) is 30.3 Å². The van der Waals surface area contributed by atoms with Crippen molar-refractivity contribution in [2.75, 3.05) is 24.6 Å². The zero-order valence-electron chi connectivity index (χ0n) is 12.8. The fourth-order valence-electron chi connectivity index (χ4n) is 1.78. The van der Waals surface area contributed by atoms with Crippen LogP contribution in [0.2, 0.25) is 0 Å². The van der Waals surface area contributed by atoms with Crippen LogP contribution in [0, 0.1) is 12.8 Å². The van der Waals surface area contributed by atoms with Gasteiger partial charge in [-0.3, -0.25) is 4.79 Å². The van der Waals surface area contributed by atoms with Gasteiger partial charge < -0.3 is 14.7 Å². The molecule has 1 aromatic heterocycles. The van der Waals surface area contributed by atoms with Crippen LogP contribution >= 0.6 is 0 Å². The predicted molar refractivity (Wildman–Crippen MR) is 77.4 cm³/mol. The SMILES string of the molecule is CCOC(=O)c1cnc(N(CC)CC(C)C(=O)O)nc1C. The number of carboxylic acid groups (broad SMARTS) is 1.